The van der Waals surface area contributed by atoms with E-state index in [4.69, 9.17) is 5.73 Å². The quantitative estimate of drug-likeness (QED) is 0.670. The van der Waals surface area contributed by atoms with Gasteiger partial charge in [0.05, 0.1) is 6.61 Å². The van der Waals surface area contributed by atoms with Gasteiger partial charge in [0.1, 0.15) is 17.7 Å². The Balaban J connectivity index is 3.13. The van der Waals surface area contributed by atoms with Gasteiger partial charge in [-0.05, 0) is 19.1 Å². The third kappa shape index (κ3) is 2.61. The molecular weight excluding hydrogens is 254 g/mol. The standard InChI is InChI=1S/C11H11F4NO2/c1-2-18-10(17)11(14,15)9(16)8-6(12)4-3-5-7(8)13/h3-5,9H,2,16H2,1H3/t9-/m0/s1. The normalized spacial score (nSPS) is 13.2. The summed E-state index contributed by atoms with van der Waals surface area (Å²) in [7, 11) is 0. The van der Waals surface area contributed by atoms with E-state index in [1.165, 1.54) is 6.92 Å². The monoisotopic (exact) mass is 265 g/mol. The molecule has 0 aliphatic carbocycles. The number of halogens is 4. The first-order valence-corrected chi connectivity index (χ1v) is 5.06. The summed E-state index contributed by atoms with van der Waals surface area (Å²) < 4.78 is 57.7. The molecule has 2 N–H and O–H groups in total. The molecule has 1 aromatic rings. The van der Waals surface area contributed by atoms with E-state index in [1.54, 1.807) is 0 Å². The van der Waals surface area contributed by atoms with Crippen LogP contribution >= 0.6 is 0 Å². The topological polar surface area (TPSA) is 52.3 Å². The van der Waals surface area contributed by atoms with E-state index >= 15 is 0 Å². The zero-order valence-corrected chi connectivity index (χ0v) is 9.42. The van der Waals surface area contributed by atoms with E-state index in [2.05, 4.69) is 4.74 Å². The fourth-order valence-electron chi connectivity index (χ4n) is 1.34. The lowest BCUT2D eigenvalue weighted by Gasteiger charge is -2.22. The number of ether oxygens (including phenoxy) is 1. The first kappa shape index (κ1) is 14.4. The number of nitrogens with two attached hydrogens (primary N) is 1. The van der Waals surface area contributed by atoms with Gasteiger partial charge in [0.2, 0.25) is 0 Å². The molecule has 0 unspecified atom stereocenters. The average molecular weight is 265 g/mol. The molecule has 0 aromatic heterocycles. The van der Waals surface area contributed by atoms with Gasteiger partial charge in [0.25, 0.3) is 0 Å². The summed E-state index contributed by atoms with van der Waals surface area (Å²) in [6, 6.07) is 0.111. The summed E-state index contributed by atoms with van der Waals surface area (Å²) in [5.74, 6) is -8.61. The minimum absolute atomic E-state index is 0.291. The summed E-state index contributed by atoms with van der Waals surface area (Å²) in [4.78, 5) is 11.0. The second kappa shape index (κ2) is 5.34. The largest absolute Gasteiger partial charge is 0.462 e. The van der Waals surface area contributed by atoms with Crippen LogP contribution in [-0.4, -0.2) is 18.5 Å². The maximum absolute atomic E-state index is 13.5. The molecule has 0 bridgehead atoms. The van der Waals surface area contributed by atoms with Crippen molar-refractivity contribution in [2.75, 3.05) is 6.61 Å². The lowest BCUT2D eigenvalue weighted by Crippen LogP contribution is -2.42. The second-order valence-electron chi connectivity index (χ2n) is 3.46. The van der Waals surface area contributed by atoms with Gasteiger partial charge in [-0.25, -0.2) is 13.6 Å². The van der Waals surface area contributed by atoms with Crippen molar-refractivity contribution < 1.29 is 27.1 Å². The number of carbonyl (C=O) groups excluding carboxylic acids is 1. The number of alkyl halides is 2. The molecule has 0 saturated carbocycles. The molecule has 7 heteroatoms. The molecule has 0 saturated heterocycles. The Hall–Kier alpha value is -1.63. The van der Waals surface area contributed by atoms with Gasteiger partial charge in [-0.2, -0.15) is 8.78 Å². The maximum atomic E-state index is 13.5. The Morgan fingerprint density at radius 3 is 2.33 bits per heavy atom. The van der Waals surface area contributed by atoms with Crippen LogP contribution in [0.2, 0.25) is 0 Å². The highest BCUT2D eigenvalue weighted by Crippen LogP contribution is 2.33. The average Bonchev–Trinajstić information content (AvgIpc) is 2.28. The van der Waals surface area contributed by atoms with Crippen LogP contribution in [0.5, 0.6) is 0 Å². The highest BCUT2D eigenvalue weighted by molar-refractivity contribution is 5.78. The van der Waals surface area contributed by atoms with Gasteiger partial charge in [-0.3, -0.25) is 0 Å². The molecule has 0 spiro atoms. The van der Waals surface area contributed by atoms with Crippen LogP contribution in [0.3, 0.4) is 0 Å². The third-order valence-electron chi connectivity index (χ3n) is 2.25. The Morgan fingerprint density at radius 2 is 1.89 bits per heavy atom. The SMILES string of the molecule is CCOC(=O)C(F)(F)[C@@H](N)c1c(F)cccc1F. The molecule has 0 heterocycles. The predicted molar refractivity (Wildman–Crippen MR) is 54.9 cm³/mol. The zero-order chi connectivity index (χ0) is 13.9. The van der Waals surface area contributed by atoms with Crippen LogP contribution in [0.1, 0.15) is 18.5 Å². The van der Waals surface area contributed by atoms with Crippen LogP contribution in [0.4, 0.5) is 17.6 Å². The van der Waals surface area contributed by atoms with Crippen LogP contribution < -0.4 is 5.73 Å². The van der Waals surface area contributed by atoms with Crippen molar-refractivity contribution >= 4 is 5.97 Å². The number of esters is 1. The lowest BCUT2D eigenvalue weighted by atomic mass is 10.0. The summed E-state index contributed by atoms with van der Waals surface area (Å²) in [6.07, 6.45) is 0. The Morgan fingerprint density at radius 1 is 1.39 bits per heavy atom. The van der Waals surface area contributed by atoms with E-state index in [0.717, 1.165) is 18.2 Å². The van der Waals surface area contributed by atoms with Crippen LogP contribution in [0.15, 0.2) is 18.2 Å². The van der Waals surface area contributed by atoms with Crippen molar-refractivity contribution in [3.8, 4) is 0 Å². The molecule has 0 aliphatic heterocycles. The fraction of sp³-hybridized carbons (Fsp3) is 0.364. The minimum Gasteiger partial charge on any atom is -0.462 e. The molecule has 1 aromatic carbocycles. The molecule has 0 radical (unpaired) electrons. The van der Waals surface area contributed by atoms with Crippen molar-refractivity contribution in [3.63, 3.8) is 0 Å². The van der Waals surface area contributed by atoms with E-state index in [0.29, 0.717) is 0 Å². The summed E-state index contributed by atoms with van der Waals surface area (Å²) in [5, 5.41) is 0. The van der Waals surface area contributed by atoms with Gasteiger partial charge in [-0.15, -0.1) is 0 Å². The van der Waals surface area contributed by atoms with E-state index in [-0.39, 0.29) is 6.61 Å². The number of benzene rings is 1. The Kier molecular flexibility index (Phi) is 4.28. The second-order valence-corrected chi connectivity index (χ2v) is 3.46. The van der Waals surface area contributed by atoms with Crippen molar-refractivity contribution in [3.05, 3.63) is 35.4 Å². The number of carbonyl (C=O) groups is 1. The minimum atomic E-state index is -4.21. The zero-order valence-electron chi connectivity index (χ0n) is 9.42. The van der Waals surface area contributed by atoms with Crippen molar-refractivity contribution in [1.29, 1.82) is 0 Å². The third-order valence-corrected chi connectivity index (χ3v) is 2.25. The molecule has 1 rings (SSSR count). The first-order valence-electron chi connectivity index (χ1n) is 5.06. The summed E-state index contributed by atoms with van der Waals surface area (Å²) in [5.41, 5.74) is 4.03. The van der Waals surface area contributed by atoms with E-state index in [1.807, 2.05) is 0 Å². The highest BCUT2D eigenvalue weighted by Gasteiger charge is 2.49. The smallest absolute Gasteiger partial charge is 0.379 e. The summed E-state index contributed by atoms with van der Waals surface area (Å²) in [6.45, 7) is 1.03. The number of rotatable bonds is 4. The van der Waals surface area contributed by atoms with Crippen LogP contribution in [0, 0.1) is 11.6 Å². The maximum Gasteiger partial charge on any atom is 0.379 e. The Bertz CT molecular complexity index is 430. The fourth-order valence-corrected chi connectivity index (χ4v) is 1.34. The number of hydrogen-bond donors (Lipinski definition) is 1. The van der Waals surface area contributed by atoms with Crippen LogP contribution in [0.25, 0.3) is 0 Å². The first-order chi connectivity index (χ1) is 8.32. The molecular formula is C11H11F4NO2. The lowest BCUT2D eigenvalue weighted by molar-refractivity contribution is -0.175. The Labute approximate surface area is 101 Å². The predicted octanol–water partition coefficient (Wildman–Crippen LogP) is 2.16. The number of hydrogen-bond acceptors (Lipinski definition) is 3. The van der Waals surface area contributed by atoms with E-state index < -0.39 is 35.1 Å². The summed E-state index contributed by atoms with van der Waals surface area (Å²) >= 11 is 0. The molecule has 100 valence electrons. The van der Waals surface area contributed by atoms with E-state index in [9.17, 15) is 22.4 Å². The molecule has 18 heavy (non-hydrogen) atoms. The van der Waals surface area contributed by atoms with Crippen molar-refractivity contribution in [1.82, 2.24) is 0 Å². The van der Waals surface area contributed by atoms with Gasteiger partial charge < -0.3 is 10.5 Å². The molecule has 3 nitrogen and oxygen atoms in total. The van der Waals surface area contributed by atoms with Gasteiger partial charge in [0.15, 0.2) is 0 Å². The van der Waals surface area contributed by atoms with Gasteiger partial charge >= 0.3 is 11.9 Å². The van der Waals surface area contributed by atoms with Crippen molar-refractivity contribution in [2.45, 2.75) is 18.9 Å². The molecule has 0 aliphatic rings. The van der Waals surface area contributed by atoms with Crippen LogP contribution in [-0.2, 0) is 9.53 Å². The molecule has 0 fully saturated rings. The molecule has 1 atom stereocenters. The van der Waals surface area contributed by atoms with Gasteiger partial charge in [0, 0.05) is 5.56 Å². The molecule has 0 amide bonds. The van der Waals surface area contributed by atoms with Gasteiger partial charge in [-0.1, -0.05) is 6.07 Å². The van der Waals surface area contributed by atoms with Crippen molar-refractivity contribution in [2.24, 2.45) is 5.73 Å². The highest BCUT2D eigenvalue weighted by atomic mass is 19.3.